The molecule has 0 aliphatic heterocycles. The van der Waals surface area contributed by atoms with Gasteiger partial charge in [0.05, 0.1) is 0 Å². The second kappa shape index (κ2) is 10.9. The van der Waals surface area contributed by atoms with Crippen molar-refractivity contribution >= 4 is 36.9 Å². The second-order valence-electron chi connectivity index (χ2n) is 5.09. The quantitative estimate of drug-likeness (QED) is 0.215. The van der Waals surface area contributed by atoms with Crippen molar-refractivity contribution in [3.8, 4) is 0 Å². The van der Waals surface area contributed by atoms with Gasteiger partial charge in [0, 0.05) is 0 Å². The molecule has 1 saturated carbocycles. The van der Waals surface area contributed by atoms with Crippen LogP contribution >= 0.6 is 0 Å². The molecule has 0 aromatic heterocycles. The van der Waals surface area contributed by atoms with Crippen LogP contribution in [0, 0.1) is 0 Å². The van der Waals surface area contributed by atoms with Gasteiger partial charge in [0.2, 0.25) is 0 Å². The lowest BCUT2D eigenvalue weighted by molar-refractivity contribution is -0.234. The summed E-state index contributed by atoms with van der Waals surface area (Å²) < 4.78 is 25.7. The predicted molar refractivity (Wildman–Crippen MR) is 81.0 cm³/mol. The molecule has 0 unspecified atom stereocenters. The van der Waals surface area contributed by atoms with Crippen LogP contribution in [0.25, 0.3) is 0 Å². The molecule has 0 aromatic carbocycles. The van der Waals surface area contributed by atoms with Crippen LogP contribution in [-0.4, -0.2) is 110 Å². The fourth-order valence-electron chi connectivity index (χ4n) is 2.62. The molecule has 0 atom stereocenters. The van der Waals surface area contributed by atoms with Gasteiger partial charge in [0.1, 0.15) is 0 Å². The second-order valence-corrected chi connectivity index (χ2v) is 5.09. The normalized spacial score (nSPS) is 26.7. The zero-order chi connectivity index (χ0) is 23.2. The Morgan fingerprint density at radius 1 is 0.355 bits per heavy atom. The minimum absolute atomic E-state index is 0. The number of ether oxygens (including phenoxy) is 6. The molecule has 0 radical (unpaired) electrons. The topological polar surface area (TPSA) is 311 Å². The van der Waals surface area contributed by atoms with Gasteiger partial charge in [0.25, 0.3) is 0 Å². The zero-order valence-electron chi connectivity index (χ0n) is 14.5. The van der Waals surface area contributed by atoms with Crippen LogP contribution in [-0.2, 0) is 28.4 Å². The Morgan fingerprint density at radius 3 is 0.516 bits per heavy atom. The van der Waals surface area contributed by atoms with Crippen molar-refractivity contribution in [3.63, 3.8) is 0 Å². The van der Waals surface area contributed by atoms with Crippen molar-refractivity contribution in [1.82, 2.24) is 0 Å². The van der Waals surface area contributed by atoms with Gasteiger partial charge >= 0.3 is 36.9 Å². The SMILES string of the molecule is O.O=C(O)OC1C(OC(=O)O)C(OC(=O)O)C(OC(=O)O)C(OC(=O)O)C1OC(=O)O. The third kappa shape index (κ3) is 7.49. The number of hydrogen-bond donors (Lipinski definition) is 6. The maximum Gasteiger partial charge on any atom is 0.506 e. The number of hydrogen-bond acceptors (Lipinski definition) is 12. The predicted octanol–water partition coefficient (Wildman–Crippen LogP) is -0.445. The highest BCUT2D eigenvalue weighted by molar-refractivity contribution is 5.62. The molecular formula is C12H14O19. The molecular weight excluding hydrogens is 448 g/mol. The van der Waals surface area contributed by atoms with E-state index in [2.05, 4.69) is 28.4 Å². The lowest BCUT2D eigenvalue weighted by atomic mass is 9.84. The molecule has 1 rings (SSSR count). The molecule has 0 heterocycles. The van der Waals surface area contributed by atoms with Gasteiger partial charge in [-0.2, -0.15) is 0 Å². The molecule has 0 aromatic rings. The molecule has 1 fully saturated rings. The number of carboxylic acid groups (broad SMARTS) is 6. The van der Waals surface area contributed by atoms with Crippen molar-refractivity contribution in [1.29, 1.82) is 0 Å². The van der Waals surface area contributed by atoms with Crippen LogP contribution in [0.5, 0.6) is 0 Å². The van der Waals surface area contributed by atoms with Gasteiger partial charge in [-0.1, -0.05) is 0 Å². The Morgan fingerprint density at radius 2 is 0.452 bits per heavy atom. The van der Waals surface area contributed by atoms with Crippen molar-refractivity contribution < 1.29 is 93.3 Å². The van der Waals surface area contributed by atoms with Gasteiger partial charge < -0.3 is 64.5 Å². The summed E-state index contributed by atoms with van der Waals surface area (Å²) in [6.45, 7) is 0. The van der Waals surface area contributed by atoms with Crippen molar-refractivity contribution in [2.75, 3.05) is 0 Å². The van der Waals surface area contributed by atoms with E-state index in [-0.39, 0.29) is 5.48 Å². The summed E-state index contributed by atoms with van der Waals surface area (Å²) in [5.74, 6) is 0. The maximum atomic E-state index is 11.0. The monoisotopic (exact) mass is 462 g/mol. The largest absolute Gasteiger partial charge is 0.506 e. The zero-order valence-corrected chi connectivity index (χ0v) is 14.5. The van der Waals surface area contributed by atoms with Gasteiger partial charge in [-0.3, -0.25) is 0 Å². The van der Waals surface area contributed by atoms with E-state index in [0.29, 0.717) is 0 Å². The lowest BCUT2D eigenvalue weighted by Crippen LogP contribution is -2.69. The Labute approximate surface area is 168 Å². The van der Waals surface area contributed by atoms with Crippen LogP contribution in [0.1, 0.15) is 0 Å². The maximum absolute atomic E-state index is 11.0. The van der Waals surface area contributed by atoms with E-state index in [1.807, 2.05) is 0 Å². The molecule has 19 nitrogen and oxygen atoms in total. The van der Waals surface area contributed by atoms with Crippen LogP contribution in [0.4, 0.5) is 28.8 Å². The number of rotatable bonds is 6. The smallest absolute Gasteiger partial charge is 0.450 e. The summed E-state index contributed by atoms with van der Waals surface area (Å²) in [5.41, 5.74) is 0. The summed E-state index contributed by atoms with van der Waals surface area (Å²) in [6, 6.07) is 0. The first-order valence-electron chi connectivity index (χ1n) is 7.21. The van der Waals surface area contributed by atoms with Crippen LogP contribution < -0.4 is 0 Å². The minimum atomic E-state index is -2.42. The fourth-order valence-corrected chi connectivity index (χ4v) is 2.62. The summed E-state index contributed by atoms with van der Waals surface area (Å²) in [6.07, 6.45) is -27.7. The summed E-state index contributed by atoms with van der Waals surface area (Å²) in [4.78, 5) is 65.9. The first-order valence-corrected chi connectivity index (χ1v) is 7.21. The van der Waals surface area contributed by atoms with E-state index in [4.69, 9.17) is 30.6 Å². The average Bonchev–Trinajstić information content (AvgIpc) is 2.55. The van der Waals surface area contributed by atoms with E-state index in [9.17, 15) is 28.8 Å². The van der Waals surface area contributed by atoms with Crippen LogP contribution in [0.3, 0.4) is 0 Å². The van der Waals surface area contributed by atoms with E-state index in [1.165, 1.54) is 0 Å². The highest BCUT2D eigenvalue weighted by atomic mass is 16.8. The lowest BCUT2D eigenvalue weighted by Gasteiger charge is -2.45. The van der Waals surface area contributed by atoms with Gasteiger partial charge in [-0.15, -0.1) is 0 Å². The Kier molecular flexibility index (Phi) is 9.38. The fraction of sp³-hybridized carbons (Fsp3) is 0.500. The van der Waals surface area contributed by atoms with E-state index in [0.717, 1.165) is 0 Å². The molecule has 19 heteroatoms. The molecule has 0 spiro atoms. The molecule has 1 aliphatic carbocycles. The van der Waals surface area contributed by atoms with Gasteiger partial charge in [0.15, 0.2) is 36.6 Å². The third-order valence-corrected chi connectivity index (χ3v) is 3.36. The first kappa shape index (κ1) is 26.6. The standard InChI is InChI=1S/C12H12O18.H2O/c13-7(14)25-1-2(26-8(15)16)4(28-10(19)20)6(30-12(23)24)5(29-11(21)22)3(1)27-9(17)18;/h1-6H,(H,13,14)(H,15,16)(H,17,18)(H,19,20)(H,21,22)(H,23,24);1H2. The van der Waals surface area contributed by atoms with Crippen molar-refractivity contribution in [2.45, 2.75) is 36.6 Å². The molecule has 0 amide bonds. The molecule has 31 heavy (non-hydrogen) atoms. The molecule has 0 saturated heterocycles. The number of carbonyl (C=O) groups is 6. The molecule has 1 aliphatic rings. The molecule has 8 N–H and O–H groups in total. The van der Waals surface area contributed by atoms with Gasteiger partial charge in [-0.25, -0.2) is 28.8 Å². The highest BCUT2D eigenvalue weighted by Gasteiger charge is 2.62. The minimum Gasteiger partial charge on any atom is -0.450 e. The Bertz CT molecular complexity index is 548. The summed E-state index contributed by atoms with van der Waals surface area (Å²) >= 11 is 0. The van der Waals surface area contributed by atoms with Crippen molar-refractivity contribution in [3.05, 3.63) is 0 Å². The van der Waals surface area contributed by atoms with E-state index < -0.39 is 73.6 Å². The van der Waals surface area contributed by atoms with Gasteiger partial charge in [-0.05, 0) is 0 Å². The molecule has 0 bridgehead atoms. The third-order valence-electron chi connectivity index (χ3n) is 3.36. The Balaban J connectivity index is 0.00000900. The van der Waals surface area contributed by atoms with Crippen LogP contribution in [0.15, 0.2) is 0 Å². The highest BCUT2D eigenvalue weighted by Crippen LogP contribution is 2.34. The first-order chi connectivity index (χ1) is 13.8. The molecule has 176 valence electrons. The van der Waals surface area contributed by atoms with Crippen LogP contribution in [0.2, 0.25) is 0 Å². The Hall–Kier alpha value is -4.42. The summed E-state index contributed by atoms with van der Waals surface area (Å²) in [5, 5.41) is 53.1. The van der Waals surface area contributed by atoms with E-state index in [1.54, 1.807) is 0 Å². The summed E-state index contributed by atoms with van der Waals surface area (Å²) in [7, 11) is 0. The van der Waals surface area contributed by atoms with E-state index >= 15 is 0 Å². The average molecular weight is 462 g/mol. The van der Waals surface area contributed by atoms with Crippen molar-refractivity contribution in [2.24, 2.45) is 0 Å².